The van der Waals surface area contributed by atoms with Crippen LogP contribution in [-0.4, -0.2) is 31.8 Å². The maximum absolute atomic E-state index is 12.9. The molecule has 3 heterocycles. The van der Waals surface area contributed by atoms with Crippen LogP contribution in [0.4, 0.5) is 0 Å². The molecule has 7 nitrogen and oxygen atoms in total. The number of nitrogens with one attached hydrogen (secondary N) is 1. The molecule has 7 heteroatoms. The number of fused-ring (bicyclic) bond motifs is 1. The quantitative estimate of drug-likeness (QED) is 0.696. The first kappa shape index (κ1) is 19.1. The highest BCUT2D eigenvalue weighted by atomic mass is 16.2. The number of benzene rings is 1. The molecule has 0 fully saturated rings. The van der Waals surface area contributed by atoms with Crippen molar-refractivity contribution in [2.45, 2.75) is 39.8 Å². The van der Waals surface area contributed by atoms with Gasteiger partial charge in [0.05, 0.1) is 0 Å². The van der Waals surface area contributed by atoms with Gasteiger partial charge in [-0.1, -0.05) is 30.3 Å². The highest BCUT2D eigenvalue weighted by Crippen LogP contribution is 2.19. The second-order valence-corrected chi connectivity index (χ2v) is 7.66. The molecule has 1 aliphatic heterocycles. The zero-order valence-corrected chi connectivity index (χ0v) is 16.8. The molecule has 0 saturated carbocycles. The van der Waals surface area contributed by atoms with Crippen molar-refractivity contribution in [3.8, 4) is 0 Å². The SMILES string of the molecule is Cc1ccn(CCc2ccccc2)c(=O)c1C(=O)NCC1Cc2nnc(C)n2C1. The zero-order chi connectivity index (χ0) is 20.4. The number of aryl methyl sites for hydroxylation is 4. The normalized spacial score (nSPS) is 15.3. The van der Waals surface area contributed by atoms with E-state index in [1.54, 1.807) is 17.7 Å². The molecule has 29 heavy (non-hydrogen) atoms. The molecule has 4 rings (SSSR count). The number of aromatic nitrogens is 4. The fraction of sp³-hybridized carbons (Fsp3) is 0.364. The van der Waals surface area contributed by atoms with Crippen molar-refractivity contribution in [1.82, 2.24) is 24.6 Å². The second-order valence-electron chi connectivity index (χ2n) is 7.66. The van der Waals surface area contributed by atoms with Crippen molar-refractivity contribution in [2.75, 3.05) is 6.54 Å². The van der Waals surface area contributed by atoms with Crippen LogP contribution in [0, 0.1) is 19.8 Å². The highest BCUT2D eigenvalue weighted by Gasteiger charge is 2.25. The monoisotopic (exact) mass is 391 g/mol. The van der Waals surface area contributed by atoms with Gasteiger partial charge in [0, 0.05) is 38.2 Å². The highest BCUT2D eigenvalue weighted by molar-refractivity contribution is 5.95. The Morgan fingerprint density at radius 2 is 1.97 bits per heavy atom. The van der Waals surface area contributed by atoms with Crippen LogP contribution in [0.25, 0.3) is 0 Å². The fourth-order valence-electron chi connectivity index (χ4n) is 3.87. The molecule has 0 bridgehead atoms. The number of carbonyl (C=O) groups is 1. The number of amides is 1. The van der Waals surface area contributed by atoms with E-state index in [1.165, 1.54) is 0 Å². The summed E-state index contributed by atoms with van der Waals surface area (Å²) >= 11 is 0. The van der Waals surface area contributed by atoms with E-state index in [2.05, 4.69) is 20.1 Å². The van der Waals surface area contributed by atoms with Crippen LogP contribution >= 0.6 is 0 Å². The molecule has 1 amide bonds. The smallest absolute Gasteiger partial charge is 0.263 e. The molecule has 2 aromatic heterocycles. The van der Waals surface area contributed by atoms with Gasteiger partial charge >= 0.3 is 0 Å². The summed E-state index contributed by atoms with van der Waals surface area (Å²) in [4.78, 5) is 25.7. The number of rotatable bonds is 6. The number of hydrogen-bond acceptors (Lipinski definition) is 4. The third kappa shape index (κ3) is 3.99. The summed E-state index contributed by atoms with van der Waals surface area (Å²) in [6, 6.07) is 11.9. The van der Waals surface area contributed by atoms with Crippen molar-refractivity contribution in [1.29, 1.82) is 0 Å². The molecule has 1 N–H and O–H groups in total. The number of hydrogen-bond donors (Lipinski definition) is 1. The average molecular weight is 391 g/mol. The van der Waals surface area contributed by atoms with Gasteiger partial charge in [0.25, 0.3) is 11.5 Å². The summed E-state index contributed by atoms with van der Waals surface area (Å²) in [5, 5.41) is 11.2. The van der Waals surface area contributed by atoms with E-state index in [0.29, 0.717) is 18.7 Å². The summed E-state index contributed by atoms with van der Waals surface area (Å²) in [6.45, 7) is 5.59. The molecular weight excluding hydrogens is 366 g/mol. The molecular formula is C22H25N5O2. The van der Waals surface area contributed by atoms with Crippen molar-refractivity contribution in [2.24, 2.45) is 5.92 Å². The minimum absolute atomic E-state index is 0.231. The van der Waals surface area contributed by atoms with Crippen LogP contribution in [0.1, 0.15) is 33.1 Å². The van der Waals surface area contributed by atoms with Crippen LogP contribution in [0.15, 0.2) is 47.4 Å². The minimum atomic E-state index is -0.305. The standard InChI is InChI=1S/C22H25N5O2/c1-15-8-10-26(11-9-17-6-4-3-5-7-17)22(29)20(15)21(28)23-13-18-12-19-25-24-16(2)27(19)14-18/h3-8,10,18H,9,11-14H2,1-2H3,(H,23,28). The van der Waals surface area contributed by atoms with Crippen molar-refractivity contribution >= 4 is 5.91 Å². The lowest BCUT2D eigenvalue weighted by molar-refractivity contribution is 0.0944. The lowest BCUT2D eigenvalue weighted by atomic mass is 10.1. The number of carbonyl (C=O) groups excluding carboxylic acids is 1. The average Bonchev–Trinajstić information content (AvgIpc) is 3.28. The summed E-state index contributed by atoms with van der Waals surface area (Å²) in [7, 11) is 0. The molecule has 0 spiro atoms. The van der Waals surface area contributed by atoms with Crippen molar-refractivity contribution in [3.05, 3.63) is 81.3 Å². The predicted molar refractivity (Wildman–Crippen MR) is 110 cm³/mol. The molecule has 0 aliphatic carbocycles. The largest absolute Gasteiger partial charge is 0.351 e. The van der Waals surface area contributed by atoms with Crippen molar-refractivity contribution in [3.63, 3.8) is 0 Å². The first-order chi connectivity index (χ1) is 14.0. The van der Waals surface area contributed by atoms with Crippen LogP contribution < -0.4 is 10.9 Å². The van der Waals surface area contributed by atoms with E-state index in [1.807, 2.05) is 43.3 Å². The van der Waals surface area contributed by atoms with Crippen LogP contribution in [0.2, 0.25) is 0 Å². The van der Waals surface area contributed by atoms with Gasteiger partial charge in [-0.25, -0.2) is 0 Å². The first-order valence-electron chi connectivity index (χ1n) is 9.94. The van der Waals surface area contributed by atoms with Gasteiger partial charge in [0.1, 0.15) is 17.2 Å². The van der Waals surface area contributed by atoms with Gasteiger partial charge in [-0.3, -0.25) is 9.59 Å². The van der Waals surface area contributed by atoms with Crippen LogP contribution in [-0.2, 0) is 25.9 Å². The molecule has 150 valence electrons. The lowest BCUT2D eigenvalue weighted by Crippen LogP contribution is -2.36. The van der Waals surface area contributed by atoms with Gasteiger partial charge in [-0.05, 0) is 37.5 Å². The van der Waals surface area contributed by atoms with E-state index in [9.17, 15) is 9.59 Å². The van der Waals surface area contributed by atoms with Gasteiger partial charge in [0.15, 0.2) is 0 Å². The second kappa shape index (κ2) is 8.03. The molecule has 1 aliphatic rings. The molecule has 1 unspecified atom stereocenters. The first-order valence-corrected chi connectivity index (χ1v) is 9.94. The summed E-state index contributed by atoms with van der Waals surface area (Å²) in [5.74, 6) is 1.82. The van der Waals surface area contributed by atoms with Gasteiger partial charge < -0.3 is 14.5 Å². The Hall–Kier alpha value is -3.22. The van der Waals surface area contributed by atoms with E-state index in [-0.39, 0.29) is 22.9 Å². The number of pyridine rings is 1. The Kier molecular flexibility index (Phi) is 5.29. The summed E-state index contributed by atoms with van der Waals surface area (Å²) in [6.07, 6.45) is 3.30. The zero-order valence-electron chi connectivity index (χ0n) is 16.8. The van der Waals surface area contributed by atoms with E-state index in [4.69, 9.17) is 0 Å². The van der Waals surface area contributed by atoms with Crippen molar-refractivity contribution < 1.29 is 4.79 Å². The Morgan fingerprint density at radius 1 is 1.17 bits per heavy atom. The van der Waals surface area contributed by atoms with E-state index < -0.39 is 0 Å². The number of nitrogens with zero attached hydrogens (tertiary/aromatic N) is 4. The van der Waals surface area contributed by atoms with E-state index >= 15 is 0 Å². The Morgan fingerprint density at radius 3 is 2.72 bits per heavy atom. The van der Waals surface area contributed by atoms with Gasteiger partial charge in [0.2, 0.25) is 0 Å². The maximum atomic E-state index is 12.9. The summed E-state index contributed by atoms with van der Waals surface area (Å²) < 4.78 is 3.70. The van der Waals surface area contributed by atoms with Crippen LogP contribution in [0.5, 0.6) is 0 Å². The van der Waals surface area contributed by atoms with E-state index in [0.717, 1.165) is 36.6 Å². The molecule has 0 radical (unpaired) electrons. The predicted octanol–water partition coefficient (Wildman–Crippen LogP) is 1.90. The van der Waals surface area contributed by atoms with Crippen LogP contribution in [0.3, 0.4) is 0 Å². The fourth-order valence-corrected chi connectivity index (χ4v) is 3.87. The lowest BCUT2D eigenvalue weighted by Gasteiger charge is -2.13. The molecule has 3 aromatic rings. The maximum Gasteiger partial charge on any atom is 0.263 e. The molecule has 1 atom stereocenters. The third-order valence-corrected chi connectivity index (χ3v) is 5.56. The van der Waals surface area contributed by atoms with Gasteiger partial charge in [-0.2, -0.15) is 0 Å². The molecule has 1 aromatic carbocycles. The minimum Gasteiger partial charge on any atom is -0.351 e. The third-order valence-electron chi connectivity index (χ3n) is 5.56. The van der Waals surface area contributed by atoms with Gasteiger partial charge in [-0.15, -0.1) is 10.2 Å². The summed E-state index contributed by atoms with van der Waals surface area (Å²) in [5.41, 5.74) is 1.85. The Labute approximate surface area is 169 Å². The Balaban J connectivity index is 1.42. The Bertz CT molecular complexity index is 1080. The molecule has 0 saturated heterocycles. The topological polar surface area (TPSA) is 81.8 Å².